The van der Waals surface area contributed by atoms with E-state index in [1.54, 1.807) is 20.8 Å². The molecule has 0 radical (unpaired) electrons. The first-order valence-corrected chi connectivity index (χ1v) is 6.21. The molecular weight excluding hydrogens is 242 g/mol. The lowest BCUT2D eigenvalue weighted by Crippen LogP contribution is -2.43. The van der Waals surface area contributed by atoms with E-state index in [1.807, 2.05) is 0 Å². The summed E-state index contributed by atoms with van der Waals surface area (Å²) in [5.41, 5.74) is -0.612. The summed E-state index contributed by atoms with van der Waals surface area (Å²) in [7, 11) is 0. The Morgan fingerprint density at radius 3 is 2.47 bits per heavy atom. The third-order valence-electron chi connectivity index (χ3n) is 2.56. The van der Waals surface area contributed by atoms with E-state index in [0.717, 1.165) is 0 Å². The van der Waals surface area contributed by atoms with Crippen LogP contribution < -0.4 is 0 Å². The van der Waals surface area contributed by atoms with Crippen LogP contribution in [0.4, 0.5) is 4.79 Å². The average Bonchev–Trinajstić information content (AvgIpc) is 2.58. The summed E-state index contributed by atoms with van der Waals surface area (Å²) in [5.74, 6) is -0.296. The molecule has 1 aliphatic heterocycles. The van der Waals surface area contributed by atoms with Crippen molar-refractivity contribution in [3.8, 4) is 0 Å². The zero-order valence-corrected chi connectivity index (χ0v) is 11.2. The molecule has 98 valence electrons. The van der Waals surface area contributed by atoms with Gasteiger partial charge in [-0.25, -0.2) is 9.59 Å². The molecule has 1 saturated heterocycles. The molecule has 1 fully saturated rings. The van der Waals surface area contributed by atoms with E-state index in [4.69, 9.17) is 9.84 Å². The first-order valence-electron chi connectivity index (χ1n) is 5.58. The largest absolute Gasteiger partial charge is 0.480 e. The van der Waals surface area contributed by atoms with Gasteiger partial charge >= 0.3 is 12.1 Å². The maximum Gasteiger partial charge on any atom is 0.411 e. The Balaban J connectivity index is 2.73. The van der Waals surface area contributed by atoms with Gasteiger partial charge in [-0.2, -0.15) is 12.6 Å². The maximum atomic E-state index is 11.9. The van der Waals surface area contributed by atoms with E-state index in [0.29, 0.717) is 18.7 Å². The summed E-state index contributed by atoms with van der Waals surface area (Å²) in [4.78, 5) is 24.2. The van der Waals surface area contributed by atoms with E-state index in [1.165, 1.54) is 4.90 Å². The van der Waals surface area contributed by atoms with E-state index in [9.17, 15) is 9.59 Å². The molecule has 0 unspecified atom stereocenters. The van der Waals surface area contributed by atoms with Crippen molar-refractivity contribution in [2.45, 2.75) is 38.8 Å². The van der Waals surface area contributed by atoms with Crippen LogP contribution in [-0.2, 0) is 9.53 Å². The molecule has 0 bridgehead atoms. The highest BCUT2D eigenvalue weighted by molar-refractivity contribution is 7.80. The second-order valence-electron chi connectivity index (χ2n) is 5.27. The Kier molecular flexibility index (Phi) is 4.30. The highest BCUT2D eigenvalue weighted by Gasteiger charge is 2.40. The van der Waals surface area contributed by atoms with Gasteiger partial charge in [0.15, 0.2) is 0 Å². The van der Waals surface area contributed by atoms with Gasteiger partial charge < -0.3 is 9.84 Å². The van der Waals surface area contributed by atoms with Crippen LogP contribution in [0.3, 0.4) is 0 Å². The number of carboxylic acid groups (broad SMARTS) is 1. The second kappa shape index (κ2) is 5.16. The van der Waals surface area contributed by atoms with Gasteiger partial charge in [-0.3, -0.25) is 4.90 Å². The minimum atomic E-state index is -0.986. The fourth-order valence-electron chi connectivity index (χ4n) is 1.81. The van der Waals surface area contributed by atoms with Crippen LogP contribution in [0.15, 0.2) is 0 Å². The van der Waals surface area contributed by atoms with Crippen molar-refractivity contribution in [3.05, 3.63) is 0 Å². The molecule has 0 saturated carbocycles. The standard InChI is InChI=1S/C11H19NO4S/c1-11(2,3)16-10(15)12-5-7(6-17)4-8(12)9(13)14/h7-8,17H,4-6H2,1-3H3,(H,13,14)/t7-,8-/m0/s1. The van der Waals surface area contributed by atoms with Crippen LogP contribution in [0.5, 0.6) is 0 Å². The lowest BCUT2D eigenvalue weighted by Gasteiger charge is -2.26. The van der Waals surface area contributed by atoms with Crippen molar-refractivity contribution < 1.29 is 19.4 Å². The fourth-order valence-corrected chi connectivity index (χ4v) is 2.08. The normalized spacial score (nSPS) is 24.8. The molecular formula is C11H19NO4S. The van der Waals surface area contributed by atoms with Crippen LogP contribution in [0.2, 0.25) is 0 Å². The quantitative estimate of drug-likeness (QED) is 0.741. The van der Waals surface area contributed by atoms with Crippen LogP contribution >= 0.6 is 12.6 Å². The molecule has 0 aromatic carbocycles. The molecule has 6 heteroatoms. The number of ether oxygens (including phenoxy) is 1. The predicted molar refractivity (Wildman–Crippen MR) is 66.3 cm³/mol. The Bertz CT molecular complexity index is 313. The molecule has 0 aromatic rings. The first kappa shape index (κ1) is 14.2. The predicted octanol–water partition coefficient (Wildman–Crippen LogP) is 1.63. The summed E-state index contributed by atoms with van der Waals surface area (Å²) in [6.45, 7) is 5.67. The average molecular weight is 261 g/mol. The van der Waals surface area contributed by atoms with Gasteiger partial charge in [0.05, 0.1) is 0 Å². The summed E-state index contributed by atoms with van der Waals surface area (Å²) >= 11 is 4.15. The van der Waals surface area contributed by atoms with Crippen LogP contribution in [0, 0.1) is 5.92 Å². The van der Waals surface area contributed by atoms with Gasteiger partial charge in [0.25, 0.3) is 0 Å². The molecule has 0 aromatic heterocycles. The zero-order valence-electron chi connectivity index (χ0n) is 10.3. The molecule has 1 aliphatic rings. The zero-order chi connectivity index (χ0) is 13.2. The van der Waals surface area contributed by atoms with Crippen molar-refractivity contribution >= 4 is 24.7 Å². The maximum absolute atomic E-state index is 11.9. The summed E-state index contributed by atoms with van der Waals surface area (Å²) in [6.07, 6.45) is -0.118. The highest BCUT2D eigenvalue weighted by Crippen LogP contribution is 2.26. The number of carbonyl (C=O) groups excluding carboxylic acids is 1. The van der Waals surface area contributed by atoms with E-state index >= 15 is 0 Å². The molecule has 2 atom stereocenters. The Hall–Kier alpha value is -0.910. The first-order chi connectivity index (χ1) is 7.74. The smallest absolute Gasteiger partial charge is 0.411 e. The van der Waals surface area contributed by atoms with Crippen molar-refractivity contribution in [3.63, 3.8) is 0 Å². The van der Waals surface area contributed by atoms with Crippen molar-refractivity contribution in [1.29, 1.82) is 0 Å². The van der Waals surface area contributed by atoms with Crippen molar-refractivity contribution in [2.75, 3.05) is 12.3 Å². The molecule has 0 aliphatic carbocycles. The number of carboxylic acids is 1. The van der Waals surface area contributed by atoms with E-state index in [-0.39, 0.29) is 5.92 Å². The Labute approximate surface area is 107 Å². The lowest BCUT2D eigenvalue weighted by atomic mass is 10.1. The molecule has 1 rings (SSSR count). The molecule has 17 heavy (non-hydrogen) atoms. The van der Waals surface area contributed by atoms with Gasteiger partial charge in [0.1, 0.15) is 11.6 Å². The third-order valence-corrected chi connectivity index (χ3v) is 3.08. The van der Waals surface area contributed by atoms with Crippen LogP contribution in [0.1, 0.15) is 27.2 Å². The lowest BCUT2D eigenvalue weighted by molar-refractivity contribution is -0.142. The SMILES string of the molecule is CC(C)(C)OC(=O)N1C[C@@H](CS)C[C@H]1C(=O)O. The molecule has 1 N–H and O–H groups in total. The summed E-state index contributed by atoms with van der Waals surface area (Å²) in [5, 5.41) is 9.07. The Morgan fingerprint density at radius 2 is 2.06 bits per heavy atom. The van der Waals surface area contributed by atoms with Gasteiger partial charge in [0, 0.05) is 6.54 Å². The number of rotatable bonds is 2. The number of hydrogen-bond acceptors (Lipinski definition) is 4. The molecule has 0 spiro atoms. The molecule has 1 heterocycles. The highest BCUT2D eigenvalue weighted by atomic mass is 32.1. The summed E-state index contributed by atoms with van der Waals surface area (Å²) < 4.78 is 5.19. The third kappa shape index (κ3) is 3.80. The van der Waals surface area contributed by atoms with Gasteiger partial charge in [-0.1, -0.05) is 0 Å². The molecule has 1 amide bonds. The number of carbonyl (C=O) groups is 2. The van der Waals surface area contributed by atoms with Gasteiger partial charge in [-0.15, -0.1) is 0 Å². The second-order valence-corrected chi connectivity index (χ2v) is 5.64. The van der Waals surface area contributed by atoms with E-state index < -0.39 is 23.7 Å². The number of likely N-dealkylation sites (tertiary alicyclic amines) is 1. The minimum Gasteiger partial charge on any atom is -0.480 e. The van der Waals surface area contributed by atoms with E-state index in [2.05, 4.69) is 12.6 Å². The number of nitrogens with zero attached hydrogens (tertiary/aromatic N) is 1. The summed E-state index contributed by atoms with van der Waals surface area (Å²) in [6, 6.07) is -0.790. The number of amides is 1. The number of aliphatic carboxylic acids is 1. The Morgan fingerprint density at radius 1 is 1.47 bits per heavy atom. The van der Waals surface area contributed by atoms with Crippen LogP contribution in [0.25, 0.3) is 0 Å². The van der Waals surface area contributed by atoms with Gasteiger partial charge in [0.2, 0.25) is 0 Å². The number of hydrogen-bond donors (Lipinski definition) is 2. The minimum absolute atomic E-state index is 0.118. The fraction of sp³-hybridized carbons (Fsp3) is 0.818. The topological polar surface area (TPSA) is 66.8 Å². The van der Waals surface area contributed by atoms with Crippen LogP contribution in [-0.4, -0.2) is 46.0 Å². The number of thiol groups is 1. The van der Waals surface area contributed by atoms with Crippen molar-refractivity contribution in [1.82, 2.24) is 4.90 Å². The van der Waals surface area contributed by atoms with Crippen molar-refractivity contribution in [2.24, 2.45) is 5.92 Å². The molecule has 5 nitrogen and oxygen atoms in total. The monoisotopic (exact) mass is 261 g/mol. The van der Waals surface area contributed by atoms with Gasteiger partial charge in [-0.05, 0) is 38.9 Å².